The SMILES string of the molecule is CCCCCCCCCCCC(=O)OCCCCCCCCCCCCCCCCCCCCCCCCCCCCCCC(C)C. The minimum atomic E-state index is 0.0261. The van der Waals surface area contributed by atoms with Crippen molar-refractivity contribution in [2.75, 3.05) is 6.61 Å². The molecule has 0 amide bonds. The third kappa shape index (κ3) is 43.4. The van der Waals surface area contributed by atoms with E-state index >= 15 is 0 Å². The Morgan fingerprint density at radius 3 is 0.915 bits per heavy atom. The molecule has 0 aromatic carbocycles. The quantitative estimate of drug-likeness (QED) is 0.0481. The summed E-state index contributed by atoms with van der Waals surface area (Å²) in [5.74, 6) is 0.915. The smallest absolute Gasteiger partial charge is 0.305 e. The van der Waals surface area contributed by atoms with E-state index in [1.807, 2.05) is 0 Å². The largest absolute Gasteiger partial charge is 0.466 e. The molecule has 0 radical (unpaired) electrons. The summed E-state index contributed by atoms with van der Waals surface area (Å²) in [6.07, 6.45) is 53.7. The minimum absolute atomic E-state index is 0.0261. The Balaban J connectivity index is 3.11. The summed E-state index contributed by atoms with van der Waals surface area (Å²) in [7, 11) is 0. The van der Waals surface area contributed by atoms with Crippen LogP contribution in [0.15, 0.2) is 0 Å². The maximum atomic E-state index is 11.9. The molecule has 0 atom stereocenters. The molecular formula is C45H90O2. The van der Waals surface area contributed by atoms with E-state index in [-0.39, 0.29) is 5.97 Å². The second-order valence-corrected chi connectivity index (χ2v) is 15.9. The first kappa shape index (κ1) is 46.5. The van der Waals surface area contributed by atoms with Gasteiger partial charge in [-0.05, 0) is 18.8 Å². The van der Waals surface area contributed by atoms with Crippen molar-refractivity contribution in [3.8, 4) is 0 Å². The van der Waals surface area contributed by atoms with E-state index < -0.39 is 0 Å². The molecule has 0 bridgehead atoms. The fourth-order valence-electron chi connectivity index (χ4n) is 7.09. The highest BCUT2D eigenvalue weighted by atomic mass is 16.5. The van der Waals surface area contributed by atoms with Gasteiger partial charge in [0, 0.05) is 6.42 Å². The van der Waals surface area contributed by atoms with Crippen LogP contribution in [0.1, 0.15) is 271 Å². The zero-order chi connectivity index (χ0) is 34.1. The van der Waals surface area contributed by atoms with Gasteiger partial charge in [0.15, 0.2) is 0 Å². The van der Waals surface area contributed by atoms with Gasteiger partial charge < -0.3 is 4.74 Å². The number of carbonyl (C=O) groups excluding carboxylic acids is 1. The molecule has 0 aromatic rings. The molecule has 0 aliphatic heterocycles. The first-order valence-electron chi connectivity index (χ1n) is 22.3. The molecule has 0 aliphatic rings. The van der Waals surface area contributed by atoms with Crippen molar-refractivity contribution in [2.24, 2.45) is 5.92 Å². The predicted molar refractivity (Wildman–Crippen MR) is 212 cm³/mol. The third-order valence-electron chi connectivity index (χ3n) is 10.4. The Morgan fingerprint density at radius 1 is 0.362 bits per heavy atom. The predicted octanol–water partition coefficient (Wildman–Crippen LogP) is 16.4. The Kier molecular flexibility index (Phi) is 41.2. The second kappa shape index (κ2) is 41.6. The summed E-state index contributed by atoms with van der Waals surface area (Å²) in [5.41, 5.74) is 0. The molecule has 0 unspecified atom stereocenters. The maximum absolute atomic E-state index is 11.9. The normalized spacial score (nSPS) is 11.6. The number of carbonyl (C=O) groups is 1. The summed E-state index contributed by atoms with van der Waals surface area (Å²) in [6.45, 7) is 7.60. The summed E-state index contributed by atoms with van der Waals surface area (Å²) < 4.78 is 5.44. The highest BCUT2D eigenvalue weighted by Crippen LogP contribution is 2.17. The highest BCUT2D eigenvalue weighted by molar-refractivity contribution is 5.69. The average Bonchev–Trinajstić information content (AvgIpc) is 3.06. The number of hydrogen-bond donors (Lipinski definition) is 0. The van der Waals surface area contributed by atoms with Crippen LogP contribution in [0.25, 0.3) is 0 Å². The minimum Gasteiger partial charge on any atom is -0.466 e. The third-order valence-corrected chi connectivity index (χ3v) is 10.4. The van der Waals surface area contributed by atoms with E-state index in [9.17, 15) is 4.79 Å². The van der Waals surface area contributed by atoms with E-state index in [1.165, 1.54) is 231 Å². The van der Waals surface area contributed by atoms with E-state index in [1.54, 1.807) is 0 Å². The van der Waals surface area contributed by atoms with Crippen LogP contribution >= 0.6 is 0 Å². The van der Waals surface area contributed by atoms with Gasteiger partial charge in [-0.2, -0.15) is 0 Å². The summed E-state index contributed by atoms with van der Waals surface area (Å²) in [6, 6.07) is 0. The number of hydrogen-bond acceptors (Lipinski definition) is 2. The van der Waals surface area contributed by atoms with Crippen molar-refractivity contribution in [1.82, 2.24) is 0 Å². The van der Waals surface area contributed by atoms with Gasteiger partial charge in [-0.25, -0.2) is 0 Å². The standard InChI is InChI=1S/C45H90O2/c1-4-5-6-7-8-29-33-36-39-42-45(46)47-43-40-37-34-31-28-26-24-22-20-18-16-14-12-10-9-11-13-15-17-19-21-23-25-27-30-32-35-38-41-44(2)3/h44H,4-43H2,1-3H3. The molecule has 282 valence electrons. The molecule has 0 aliphatic carbocycles. The van der Waals surface area contributed by atoms with Crippen LogP contribution in [0.3, 0.4) is 0 Å². The Labute approximate surface area is 298 Å². The van der Waals surface area contributed by atoms with Crippen molar-refractivity contribution in [2.45, 2.75) is 271 Å². The Bertz CT molecular complexity index is 570. The van der Waals surface area contributed by atoms with Crippen LogP contribution in [0.4, 0.5) is 0 Å². The van der Waals surface area contributed by atoms with Crippen molar-refractivity contribution >= 4 is 5.97 Å². The van der Waals surface area contributed by atoms with Crippen LogP contribution in [-0.4, -0.2) is 12.6 Å². The average molecular weight is 663 g/mol. The molecule has 0 saturated heterocycles. The molecule has 0 N–H and O–H groups in total. The van der Waals surface area contributed by atoms with Gasteiger partial charge in [0.05, 0.1) is 6.61 Å². The lowest BCUT2D eigenvalue weighted by molar-refractivity contribution is -0.143. The first-order valence-corrected chi connectivity index (χ1v) is 22.3. The van der Waals surface area contributed by atoms with Gasteiger partial charge in [-0.15, -0.1) is 0 Å². The molecule has 0 fully saturated rings. The van der Waals surface area contributed by atoms with Crippen molar-refractivity contribution < 1.29 is 9.53 Å². The lowest BCUT2D eigenvalue weighted by Crippen LogP contribution is -2.05. The van der Waals surface area contributed by atoms with Gasteiger partial charge in [0.25, 0.3) is 0 Å². The van der Waals surface area contributed by atoms with Gasteiger partial charge in [-0.1, -0.05) is 252 Å². The molecule has 0 aromatic heterocycles. The van der Waals surface area contributed by atoms with E-state index in [0.29, 0.717) is 13.0 Å². The second-order valence-electron chi connectivity index (χ2n) is 15.9. The van der Waals surface area contributed by atoms with Crippen LogP contribution in [0.5, 0.6) is 0 Å². The monoisotopic (exact) mass is 663 g/mol. The van der Waals surface area contributed by atoms with Gasteiger partial charge in [-0.3, -0.25) is 4.79 Å². The topological polar surface area (TPSA) is 26.3 Å². The summed E-state index contributed by atoms with van der Waals surface area (Å²) in [5, 5.41) is 0. The van der Waals surface area contributed by atoms with E-state index in [0.717, 1.165) is 18.8 Å². The highest BCUT2D eigenvalue weighted by Gasteiger charge is 2.03. The molecule has 2 nitrogen and oxygen atoms in total. The Morgan fingerprint density at radius 2 is 0.617 bits per heavy atom. The molecule has 0 saturated carbocycles. The first-order chi connectivity index (χ1) is 23.2. The van der Waals surface area contributed by atoms with Crippen molar-refractivity contribution in [3.05, 3.63) is 0 Å². The summed E-state index contributed by atoms with van der Waals surface area (Å²) in [4.78, 5) is 11.9. The Hall–Kier alpha value is -0.530. The van der Waals surface area contributed by atoms with Crippen LogP contribution in [0.2, 0.25) is 0 Å². The molecule has 2 heteroatoms. The number of ether oxygens (including phenoxy) is 1. The zero-order valence-corrected chi connectivity index (χ0v) is 33.2. The fourth-order valence-corrected chi connectivity index (χ4v) is 7.09. The molecular weight excluding hydrogens is 572 g/mol. The molecule has 47 heavy (non-hydrogen) atoms. The number of rotatable bonds is 41. The fraction of sp³-hybridized carbons (Fsp3) is 0.978. The molecule has 0 rings (SSSR count). The molecule has 0 spiro atoms. The van der Waals surface area contributed by atoms with Crippen LogP contribution in [0, 0.1) is 5.92 Å². The van der Waals surface area contributed by atoms with Crippen molar-refractivity contribution in [3.63, 3.8) is 0 Å². The van der Waals surface area contributed by atoms with Crippen molar-refractivity contribution in [1.29, 1.82) is 0 Å². The lowest BCUT2D eigenvalue weighted by Gasteiger charge is -2.06. The lowest BCUT2D eigenvalue weighted by atomic mass is 10.0. The maximum Gasteiger partial charge on any atom is 0.305 e. The summed E-state index contributed by atoms with van der Waals surface area (Å²) >= 11 is 0. The number of esters is 1. The van der Waals surface area contributed by atoms with Gasteiger partial charge in [0.2, 0.25) is 0 Å². The molecule has 0 heterocycles. The van der Waals surface area contributed by atoms with Crippen LogP contribution in [-0.2, 0) is 9.53 Å². The van der Waals surface area contributed by atoms with Gasteiger partial charge in [0.1, 0.15) is 0 Å². The van der Waals surface area contributed by atoms with E-state index in [2.05, 4.69) is 20.8 Å². The van der Waals surface area contributed by atoms with Crippen LogP contribution < -0.4 is 0 Å². The van der Waals surface area contributed by atoms with E-state index in [4.69, 9.17) is 4.74 Å². The zero-order valence-electron chi connectivity index (χ0n) is 33.2. The number of unbranched alkanes of at least 4 members (excludes halogenated alkanes) is 35. The van der Waals surface area contributed by atoms with Gasteiger partial charge >= 0.3 is 5.97 Å².